The molecule has 5 N–H and O–H groups in total. The lowest BCUT2D eigenvalue weighted by Crippen LogP contribution is -2.54. The van der Waals surface area contributed by atoms with Crippen LogP contribution in [0, 0.1) is 17.2 Å². The summed E-state index contributed by atoms with van der Waals surface area (Å²) in [7, 11) is 0. The summed E-state index contributed by atoms with van der Waals surface area (Å²) in [5.74, 6) is -2.81. The van der Waals surface area contributed by atoms with Crippen molar-refractivity contribution in [2.75, 3.05) is 6.54 Å². The molecule has 1 saturated carbocycles. The van der Waals surface area contributed by atoms with Crippen molar-refractivity contribution in [1.82, 2.24) is 10.3 Å². The number of carbonyl (C=O) groups is 3. The SMILES string of the molecule is N#CCNC(=O)[C@@H]1CCCC[C@@]1(C(N)=O)c1c[nH]c2ccc(C(=O)O)cc12. The molecule has 0 aliphatic heterocycles. The normalized spacial score (nSPS) is 22.1. The number of hydrogen-bond donors (Lipinski definition) is 4. The van der Waals surface area contributed by atoms with Crippen LogP contribution in [0.1, 0.15) is 41.6 Å². The van der Waals surface area contributed by atoms with Crippen LogP contribution in [0.3, 0.4) is 0 Å². The lowest BCUT2D eigenvalue weighted by Gasteiger charge is -2.40. The number of nitrogens with two attached hydrogens (primary N) is 1. The van der Waals surface area contributed by atoms with Crippen LogP contribution in [0.15, 0.2) is 24.4 Å². The molecule has 1 aliphatic carbocycles. The molecular weight excluding hydrogens is 348 g/mol. The predicted octanol–water partition coefficient (Wildman–Crippen LogP) is 1.42. The third-order valence-corrected chi connectivity index (χ3v) is 5.42. The van der Waals surface area contributed by atoms with Gasteiger partial charge in [-0.1, -0.05) is 12.8 Å². The Morgan fingerprint density at radius 3 is 2.81 bits per heavy atom. The quantitative estimate of drug-likeness (QED) is 0.589. The van der Waals surface area contributed by atoms with Crippen LogP contribution >= 0.6 is 0 Å². The molecule has 0 unspecified atom stereocenters. The van der Waals surface area contributed by atoms with Gasteiger partial charge in [-0.05, 0) is 36.6 Å². The molecule has 3 rings (SSSR count). The number of nitrogens with zero attached hydrogens (tertiary/aromatic N) is 1. The summed E-state index contributed by atoms with van der Waals surface area (Å²) in [5.41, 5.74) is 5.85. The van der Waals surface area contributed by atoms with E-state index in [-0.39, 0.29) is 12.1 Å². The molecule has 1 heterocycles. The minimum Gasteiger partial charge on any atom is -0.478 e. The monoisotopic (exact) mass is 368 g/mol. The molecule has 8 heteroatoms. The average Bonchev–Trinajstić information content (AvgIpc) is 3.09. The number of carbonyl (C=O) groups excluding carboxylic acids is 2. The first-order valence-corrected chi connectivity index (χ1v) is 8.71. The second-order valence-electron chi connectivity index (χ2n) is 6.78. The summed E-state index contributed by atoms with van der Waals surface area (Å²) in [6.45, 7) is -0.152. The topological polar surface area (TPSA) is 149 Å². The number of amides is 2. The second-order valence-corrected chi connectivity index (χ2v) is 6.78. The Morgan fingerprint density at radius 1 is 1.37 bits per heavy atom. The fraction of sp³-hybridized carbons (Fsp3) is 0.368. The molecule has 8 nitrogen and oxygen atoms in total. The number of carboxylic acids is 1. The number of rotatable bonds is 5. The van der Waals surface area contributed by atoms with Gasteiger partial charge in [0, 0.05) is 17.1 Å². The fourth-order valence-electron chi connectivity index (χ4n) is 4.15. The minimum absolute atomic E-state index is 0.0873. The number of primary amides is 1. The highest BCUT2D eigenvalue weighted by molar-refractivity contribution is 6.01. The summed E-state index contributed by atoms with van der Waals surface area (Å²) in [4.78, 5) is 39.8. The zero-order valence-corrected chi connectivity index (χ0v) is 14.6. The molecule has 1 aliphatic rings. The van der Waals surface area contributed by atoms with E-state index in [4.69, 9.17) is 11.0 Å². The van der Waals surface area contributed by atoms with E-state index in [1.165, 1.54) is 12.1 Å². The number of aromatic nitrogens is 1. The number of carboxylic acid groups (broad SMARTS) is 1. The minimum atomic E-state index is -1.26. The van der Waals surface area contributed by atoms with Gasteiger partial charge in [-0.15, -0.1) is 0 Å². The van der Waals surface area contributed by atoms with Gasteiger partial charge in [0.25, 0.3) is 0 Å². The molecule has 0 radical (unpaired) electrons. The van der Waals surface area contributed by atoms with Crippen molar-refractivity contribution in [2.45, 2.75) is 31.1 Å². The van der Waals surface area contributed by atoms with Crippen molar-refractivity contribution in [3.63, 3.8) is 0 Å². The number of hydrogen-bond acceptors (Lipinski definition) is 4. The zero-order valence-electron chi connectivity index (χ0n) is 14.6. The predicted molar refractivity (Wildman–Crippen MR) is 96.7 cm³/mol. The van der Waals surface area contributed by atoms with E-state index in [1.807, 2.05) is 6.07 Å². The lowest BCUT2D eigenvalue weighted by molar-refractivity contribution is -0.137. The van der Waals surface area contributed by atoms with Crippen molar-refractivity contribution in [1.29, 1.82) is 5.26 Å². The molecule has 1 fully saturated rings. The van der Waals surface area contributed by atoms with E-state index >= 15 is 0 Å². The Morgan fingerprint density at radius 2 is 2.15 bits per heavy atom. The van der Waals surface area contributed by atoms with Gasteiger partial charge < -0.3 is 21.1 Å². The number of H-pyrrole nitrogens is 1. The van der Waals surface area contributed by atoms with Gasteiger partial charge in [-0.25, -0.2) is 4.79 Å². The number of nitrogens with one attached hydrogen (secondary N) is 2. The third kappa shape index (κ3) is 3.01. The molecule has 27 heavy (non-hydrogen) atoms. The fourth-order valence-corrected chi connectivity index (χ4v) is 4.15. The van der Waals surface area contributed by atoms with Gasteiger partial charge in [0.15, 0.2) is 0 Å². The van der Waals surface area contributed by atoms with Crippen LogP contribution in [0.5, 0.6) is 0 Å². The van der Waals surface area contributed by atoms with Crippen LogP contribution in [-0.4, -0.2) is 34.4 Å². The zero-order chi connectivity index (χ0) is 19.6. The summed E-state index contributed by atoms with van der Waals surface area (Å²) < 4.78 is 0. The molecule has 1 aromatic carbocycles. The molecule has 2 amide bonds. The van der Waals surface area contributed by atoms with Crippen LogP contribution in [0.25, 0.3) is 10.9 Å². The highest BCUT2D eigenvalue weighted by Gasteiger charge is 2.51. The maximum Gasteiger partial charge on any atom is 0.335 e. The molecule has 0 saturated heterocycles. The number of aromatic amines is 1. The number of aromatic carboxylic acids is 1. The Kier molecular flexibility index (Phi) is 4.86. The van der Waals surface area contributed by atoms with Gasteiger partial charge in [0.2, 0.25) is 11.8 Å². The van der Waals surface area contributed by atoms with Crippen molar-refractivity contribution in [3.05, 3.63) is 35.5 Å². The second kappa shape index (κ2) is 7.11. The molecule has 2 aromatic rings. The first kappa shape index (κ1) is 18.5. The van der Waals surface area contributed by atoms with Crippen molar-refractivity contribution in [3.8, 4) is 6.07 Å². The van der Waals surface area contributed by atoms with Crippen molar-refractivity contribution >= 4 is 28.7 Å². The maximum atomic E-state index is 12.7. The van der Waals surface area contributed by atoms with Gasteiger partial charge in [-0.3, -0.25) is 9.59 Å². The Labute approximate surface area is 155 Å². The lowest BCUT2D eigenvalue weighted by atomic mass is 9.61. The molecule has 0 bridgehead atoms. The smallest absolute Gasteiger partial charge is 0.335 e. The Hall–Kier alpha value is -3.34. The average molecular weight is 368 g/mol. The van der Waals surface area contributed by atoms with Crippen molar-refractivity contribution in [2.24, 2.45) is 11.7 Å². The molecule has 1 aromatic heterocycles. The first-order valence-electron chi connectivity index (χ1n) is 8.71. The molecule has 0 spiro atoms. The van der Waals surface area contributed by atoms with E-state index in [1.54, 1.807) is 12.3 Å². The maximum absolute atomic E-state index is 12.7. The standard InChI is InChI=1S/C19H20N4O4/c20-7-8-22-16(24)13-3-1-2-6-19(13,18(21)27)14-10-23-15-5-4-11(17(25)26)9-12(14)15/h4-5,9-10,13,23H,1-3,6,8H2,(H2,21,27)(H,22,24)(H,25,26)/t13-,19-/m0/s1. The van der Waals surface area contributed by atoms with Crippen LogP contribution in [-0.2, 0) is 15.0 Å². The van der Waals surface area contributed by atoms with E-state index in [2.05, 4.69) is 10.3 Å². The highest BCUT2D eigenvalue weighted by Crippen LogP contribution is 2.46. The number of benzene rings is 1. The summed E-state index contributed by atoms with van der Waals surface area (Å²) in [5, 5.41) is 21.1. The van der Waals surface area contributed by atoms with Crippen molar-refractivity contribution < 1.29 is 19.5 Å². The number of nitriles is 1. The van der Waals surface area contributed by atoms with E-state index in [9.17, 15) is 19.5 Å². The van der Waals surface area contributed by atoms with Crippen LogP contribution in [0.4, 0.5) is 0 Å². The van der Waals surface area contributed by atoms with Gasteiger partial charge in [0.05, 0.1) is 23.0 Å². The highest BCUT2D eigenvalue weighted by atomic mass is 16.4. The summed E-state index contributed by atoms with van der Waals surface area (Å²) >= 11 is 0. The Balaban J connectivity index is 2.18. The first-order chi connectivity index (χ1) is 12.9. The molecule has 2 atom stereocenters. The van der Waals surface area contributed by atoms with Crippen LogP contribution < -0.4 is 11.1 Å². The summed E-state index contributed by atoms with van der Waals surface area (Å²) in [6, 6.07) is 6.45. The van der Waals surface area contributed by atoms with Gasteiger partial charge in [0.1, 0.15) is 6.54 Å². The third-order valence-electron chi connectivity index (χ3n) is 5.42. The van der Waals surface area contributed by atoms with Gasteiger partial charge in [-0.2, -0.15) is 5.26 Å². The van der Waals surface area contributed by atoms with E-state index in [0.29, 0.717) is 29.3 Å². The van der Waals surface area contributed by atoms with E-state index < -0.39 is 29.1 Å². The van der Waals surface area contributed by atoms with E-state index in [0.717, 1.165) is 12.8 Å². The van der Waals surface area contributed by atoms with Crippen LogP contribution in [0.2, 0.25) is 0 Å². The number of fused-ring (bicyclic) bond motifs is 1. The Bertz CT molecular complexity index is 958. The largest absolute Gasteiger partial charge is 0.478 e. The molecular formula is C19H20N4O4. The summed E-state index contributed by atoms with van der Waals surface area (Å²) in [6.07, 6.45) is 3.97. The van der Waals surface area contributed by atoms with Gasteiger partial charge >= 0.3 is 5.97 Å². The molecule has 140 valence electrons.